The van der Waals surface area contributed by atoms with Crippen LogP contribution >= 0.6 is 15.9 Å². The Bertz CT molecular complexity index is 404. The number of hydrogen-bond donors (Lipinski definition) is 2. The van der Waals surface area contributed by atoms with Crippen LogP contribution in [0.3, 0.4) is 0 Å². The van der Waals surface area contributed by atoms with Gasteiger partial charge < -0.3 is 4.74 Å². The zero-order valence-corrected chi connectivity index (χ0v) is 11.9. The molecule has 3 N–H and O–H groups in total. The van der Waals surface area contributed by atoms with Gasteiger partial charge in [0.25, 0.3) is 0 Å². The van der Waals surface area contributed by atoms with Gasteiger partial charge in [-0.1, -0.05) is 0 Å². The average molecular weight is 323 g/mol. The molecule has 6 heteroatoms. The largest absolute Gasteiger partial charge is 0.382 e. The molecular weight excluding hydrogens is 306 g/mol. The normalized spacial score (nSPS) is 14.6. The number of ether oxygens (including phenoxy) is 1. The van der Waals surface area contributed by atoms with Gasteiger partial charge in [-0.05, 0) is 47.8 Å². The van der Waals surface area contributed by atoms with Crippen LogP contribution < -0.4 is 11.3 Å². The number of methoxy groups -OCH3 is 1. The molecule has 0 amide bonds. The van der Waals surface area contributed by atoms with Crippen LogP contribution in [-0.4, -0.2) is 19.3 Å². The van der Waals surface area contributed by atoms with Crippen LogP contribution in [0, 0.1) is 11.6 Å². The maximum absolute atomic E-state index is 13.8. The van der Waals surface area contributed by atoms with E-state index in [1.54, 1.807) is 7.11 Å². The van der Waals surface area contributed by atoms with E-state index >= 15 is 0 Å². The third-order valence-electron chi connectivity index (χ3n) is 2.84. The van der Waals surface area contributed by atoms with E-state index in [-0.39, 0.29) is 28.6 Å². The SMILES string of the molecule is COC(C)CC(Cc1c(F)ccc(Br)c1F)NN. The van der Waals surface area contributed by atoms with E-state index in [0.717, 1.165) is 0 Å². The van der Waals surface area contributed by atoms with E-state index in [0.29, 0.717) is 6.42 Å². The Morgan fingerprint density at radius 1 is 1.44 bits per heavy atom. The van der Waals surface area contributed by atoms with Crippen molar-refractivity contribution in [3.63, 3.8) is 0 Å². The molecule has 0 spiro atoms. The van der Waals surface area contributed by atoms with E-state index in [1.165, 1.54) is 12.1 Å². The van der Waals surface area contributed by atoms with Crippen LogP contribution in [0.2, 0.25) is 0 Å². The molecule has 102 valence electrons. The molecule has 1 rings (SSSR count). The molecule has 0 saturated carbocycles. The zero-order valence-electron chi connectivity index (χ0n) is 10.3. The number of rotatable bonds is 6. The fourth-order valence-electron chi connectivity index (χ4n) is 1.71. The number of halogens is 3. The minimum absolute atomic E-state index is 0.0237. The van der Waals surface area contributed by atoms with Crippen molar-refractivity contribution in [1.82, 2.24) is 5.43 Å². The lowest BCUT2D eigenvalue weighted by atomic mass is 10.0. The molecule has 1 aromatic rings. The molecule has 2 unspecified atom stereocenters. The number of benzene rings is 1. The van der Waals surface area contributed by atoms with Crippen molar-refractivity contribution in [3.8, 4) is 0 Å². The predicted molar refractivity (Wildman–Crippen MR) is 70.0 cm³/mol. The van der Waals surface area contributed by atoms with Crippen LogP contribution in [0.15, 0.2) is 16.6 Å². The summed E-state index contributed by atoms with van der Waals surface area (Å²) >= 11 is 3.04. The molecule has 0 aliphatic carbocycles. The van der Waals surface area contributed by atoms with Crippen molar-refractivity contribution in [1.29, 1.82) is 0 Å². The number of hydrogen-bond acceptors (Lipinski definition) is 3. The highest BCUT2D eigenvalue weighted by Crippen LogP contribution is 2.23. The summed E-state index contributed by atoms with van der Waals surface area (Å²) in [7, 11) is 1.58. The van der Waals surface area contributed by atoms with Crippen LogP contribution in [0.25, 0.3) is 0 Å². The first kappa shape index (κ1) is 15.5. The standard InChI is InChI=1S/C12H17BrF2N2O/c1-7(18-2)5-8(17-16)6-9-11(14)4-3-10(13)12(9)15/h3-4,7-8,17H,5-6,16H2,1-2H3. The molecule has 0 saturated heterocycles. The summed E-state index contributed by atoms with van der Waals surface area (Å²) in [5.41, 5.74) is 2.58. The van der Waals surface area contributed by atoms with E-state index in [4.69, 9.17) is 10.6 Å². The fraction of sp³-hybridized carbons (Fsp3) is 0.500. The second kappa shape index (κ2) is 7.13. The lowest BCUT2D eigenvalue weighted by Crippen LogP contribution is -2.39. The Labute approximate surface area is 114 Å². The minimum atomic E-state index is -0.583. The summed E-state index contributed by atoms with van der Waals surface area (Å²) in [5, 5.41) is 0. The summed E-state index contributed by atoms with van der Waals surface area (Å²) in [6, 6.07) is 2.32. The van der Waals surface area contributed by atoms with Gasteiger partial charge >= 0.3 is 0 Å². The van der Waals surface area contributed by atoms with Gasteiger partial charge in [0.1, 0.15) is 11.6 Å². The first-order valence-electron chi connectivity index (χ1n) is 5.60. The van der Waals surface area contributed by atoms with Crippen molar-refractivity contribution in [2.45, 2.75) is 31.9 Å². The van der Waals surface area contributed by atoms with Crippen LogP contribution in [0.4, 0.5) is 8.78 Å². The molecule has 0 fully saturated rings. The molecule has 18 heavy (non-hydrogen) atoms. The Morgan fingerprint density at radius 3 is 2.67 bits per heavy atom. The monoisotopic (exact) mass is 322 g/mol. The Morgan fingerprint density at radius 2 is 2.11 bits per heavy atom. The number of nitrogens with one attached hydrogen (secondary N) is 1. The molecular formula is C12H17BrF2N2O. The molecule has 0 heterocycles. The Hall–Kier alpha value is -0.560. The summed E-state index contributed by atoms with van der Waals surface area (Å²) < 4.78 is 32.7. The van der Waals surface area contributed by atoms with E-state index < -0.39 is 11.6 Å². The van der Waals surface area contributed by atoms with E-state index in [1.807, 2.05) is 6.92 Å². The Balaban J connectivity index is 2.85. The summed E-state index contributed by atoms with van der Waals surface area (Å²) in [6.07, 6.45) is 0.698. The molecule has 2 atom stereocenters. The van der Waals surface area contributed by atoms with Crippen LogP contribution in [-0.2, 0) is 11.2 Å². The van der Waals surface area contributed by atoms with E-state index in [2.05, 4.69) is 21.4 Å². The summed E-state index contributed by atoms with van der Waals surface area (Å²) in [5.74, 6) is 4.25. The zero-order chi connectivity index (χ0) is 13.7. The number of nitrogens with two attached hydrogens (primary N) is 1. The predicted octanol–water partition coefficient (Wildman–Crippen LogP) is 2.53. The third kappa shape index (κ3) is 3.98. The number of hydrazine groups is 1. The van der Waals surface area contributed by atoms with E-state index in [9.17, 15) is 8.78 Å². The average Bonchev–Trinajstić information content (AvgIpc) is 2.37. The van der Waals surface area contributed by atoms with Crippen LogP contribution in [0.5, 0.6) is 0 Å². The van der Waals surface area contributed by atoms with Gasteiger partial charge in [0.2, 0.25) is 0 Å². The van der Waals surface area contributed by atoms with Crippen LogP contribution in [0.1, 0.15) is 18.9 Å². The maximum atomic E-state index is 13.8. The molecule has 0 radical (unpaired) electrons. The van der Waals surface area contributed by atoms with Gasteiger partial charge in [0.15, 0.2) is 0 Å². The second-order valence-corrected chi connectivity index (χ2v) is 5.03. The van der Waals surface area contributed by atoms with Gasteiger partial charge in [-0.3, -0.25) is 11.3 Å². The highest BCUT2D eigenvalue weighted by atomic mass is 79.9. The van der Waals surface area contributed by atoms with Crippen molar-refractivity contribution < 1.29 is 13.5 Å². The molecule has 0 bridgehead atoms. The van der Waals surface area contributed by atoms with Gasteiger partial charge in [0, 0.05) is 18.7 Å². The van der Waals surface area contributed by atoms with Crippen molar-refractivity contribution in [2.75, 3.05) is 7.11 Å². The third-order valence-corrected chi connectivity index (χ3v) is 3.46. The smallest absolute Gasteiger partial charge is 0.143 e. The highest BCUT2D eigenvalue weighted by molar-refractivity contribution is 9.10. The van der Waals surface area contributed by atoms with Gasteiger partial charge in [0.05, 0.1) is 10.6 Å². The summed E-state index contributed by atoms with van der Waals surface area (Å²) in [6.45, 7) is 1.87. The minimum Gasteiger partial charge on any atom is -0.382 e. The molecule has 0 aliphatic heterocycles. The summed E-state index contributed by atoms with van der Waals surface area (Å²) in [4.78, 5) is 0. The molecule has 0 aliphatic rings. The highest BCUT2D eigenvalue weighted by Gasteiger charge is 2.18. The van der Waals surface area contributed by atoms with Gasteiger partial charge in [-0.2, -0.15) is 0 Å². The quantitative estimate of drug-likeness (QED) is 0.480. The van der Waals surface area contributed by atoms with Crippen molar-refractivity contribution in [2.24, 2.45) is 5.84 Å². The molecule has 0 aromatic heterocycles. The van der Waals surface area contributed by atoms with Crippen molar-refractivity contribution >= 4 is 15.9 Å². The fourth-order valence-corrected chi connectivity index (χ4v) is 2.08. The van der Waals surface area contributed by atoms with Gasteiger partial charge in [-0.15, -0.1) is 0 Å². The lowest BCUT2D eigenvalue weighted by molar-refractivity contribution is 0.100. The topological polar surface area (TPSA) is 47.3 Å². The molecule has 3 nitrogen and oxygen atoms in total. The molecule has 1 aromatic carbocycles. The Kier molecular flexibility index (Phi) is 6.14. The first-order valence-corrected chi connectivity index (χ1v) is 6.40. The van der Waals surface area contributed by atoms with Crippen molar-refractivity contribution in [3.05, 3.63) is 33.8 Å². The second-order valence-electron chi connectivity index (χ2n) is 4.17. The first-order chi connectivity index (χ1) is 8.49. The lowest BCUT2D eigenvalue weighted by Gasteiger charge is -2.20. The van der Waals surface area contributed by atoms with Gasteiger partial charge in [-0.25, -0.2) is 8.78 Å². The maximum Gasteiger partial charge on any atom is 0.143 e.